The Hall–Kier alpha value is -0.120. The van der Waals surface area contributed by atoms with E-state index >= 15 is 0 Å². The Morgan fingerprint density at radius 3 is 2.69 bits per heavy atom. The molecular formula is C10H18N2O. The van der Waals surface area contributed by atoms with E-state index in [0.29, 0.717) is 0 Å². The van der Waals surface area contributed by atoms with Crippen molar-refractivity contribution in [2.75, 3.05) is 33.4 Å². The van der Waals surface area contributed by atoms with E-state index in [-0.39, 0.29) is 0 Å². The minimum atomic E-state index is 0.751. The van der Waals surface area contributed by atoms with Gasteiger partial charge in [-0.3, -0.25) is 0 Å². The molecule has 0 radical (unpaired) electrons. The summed E-state index contributed by atoms with van der Waals surface area (Å²) in [6.07, 6.45) is 1.33. The Bertz CT molecular complexity index is 199. The molecule has 0 amide bonds. The summed E-state index contributed by atoms with van der Waals surface area (Å²) >= 11 is 0. The Kier molecular flexibility index (Phi) is 1.86. The number of rotatable bonds is 2. The van der Waals surface area contributed by atoms with Crippen molar-refractivity contribution >= 4 is 0 Å². The number of fused-ring (bicyclic) bond motifs is 1. The van der Waals surface area contributed by atoms with Crippen LogP contribution in [0.1, 0.15) is 6.42 Å². The Morgan fingerprint density at radius 2 is 2.08 bits per heavy atom. The number of nitrogens with one attached hydrogen (secondary N) is 1. The van der Waals surface area contributed by atoms with Crippen molar-refractivity contribution in [2.24, 2.45) is 11.8 Å². The second-order valence-corrected chi connectivity index (χ2v) is 4.81. The molecule has 74 valence electrons. The second kappa shape index (κ2) is 2.94. The summed E-state index contributed by atoms with van der Waals surface area (Å²) in [4.78, 5) is 2.41. The number of likely N-dealkylation sites (tertiary alicyclic amines) is 1. The molecule has 3 rings (SSSR count). The number of ether oxygens (including phenoxy) is 1. The Balaban J connectivity index is 1.49. The maximum Gasteiger partial charge on any atom is 0.0513 e. The lowest BCUT2D eigenvalue weighted by molar-refractivity contribution is 0.154. The monoisotopic (exact) mass is 182 g/mol. The summed E-state index contributed by atoms with van der Waals surface area (Å²) < 4.78 is 5.37. The zero-order valence-corrected chi connectivity index (χ0v) is 8.20. The van der Waals surface area contributed by atoms with Crippen molar-refractivity contribution in [2.45, 2.75) is 18.5 Å². The number of hydrogen-bond donors (Lipinski definition) is 1. The van der Waals surface area contributed by atoms with Crippen molar-refractivity contribution in [3.63, 3.8) is 0 Å². The minimum Gasteiger partial charge on any atom is -0.381 e. The largest absolute Gasteiger partial charge is 0.381 e. The van der Waals surface area contributed by atoms with Gasteiger partial charge in [-0.15, -0.1) is 0 Å². The first-order valence-electron chi connectivity index (χ1n) is 5.37. The third kappa shape index (κ3) is 1.39. The molecule has 0 spiro atoms. The van der Waals surface area contributed by atoms with E-state index < -0.39 is 0 Å². The van der Waals surface area contributed by atoms with Crippen LogP contribution in [0.15, 0.2) is 0 Å². The fraction of sp³-hybridized carbons (Fsp3) is 1.00. The smallest absolute Gasteiger partial charge is 0.0513 e. The molecule has 3 aliphatic rings. The molecule has 2 heterocycles. The molecular weight excluding hydrogens is 164 g/mol. The first-order valence-corrected chi connectivity index (χ1v) is 5.37. The van der Waals surface area contributed by atoms with Crippen LogP contribution in [-0.4, -0.2) is 50.3 Å². The summed E-state index contributed by atoms with van der Waals surface area (Å²) in [5.41, 5.74) is 0. The predicted molar refractivity (Wildman–Crippen MR) is 50.6 cm³/mol. The highest BCUT2D eigenvalue weighted by Crippen LogP contribution is 2.44. The van der Waals surface area contributed by atoms with Gasteiger partial charge in [-0.1, -0.05) is 0 Å². The summed E-state index contributed by atoms with van der Waals surface area (Å²) in [6, 6.07) is 1.55. The van der Waals surface area contributed by atoms with Gasteiger partial charge < -0.3 is 15.0 Å². The SMILES string of the molecule is CN1CCC(NC2C3COCC32)C1. The Morgan fingerprint density at radius 1 is 1.31 bits per heavy atom. The van der Waals surface area contributed by atoms with Gasteiger partial charge in [-0.25, -0.2) is 0 Å². The molecule has 13 heavy (non-hydrogen) atoms. The van der Waals surface area contributed by atoms with Gasteiger partial charge in [-0.2, -0.15) is 0 Å². The van der Waals surface area contributed by atoms with Gasteiger partial charge in [0.2, 0.25) is 0 Å². The van der Waals surface area contributed by atoms with Gasteiger partial charge in [0, 0.05) is 30.5 Å². The second-order valence-electron chi connectivity index (χ2n) is 4.81. The molecule has 2 saturated heterocycles. The van der Waals surface area contributed by atoms with Crippen LogP contribution >= 0.6 is 0 Å². The third-order valence-electron chi connectivity index (χ3n) is 3.77. The fourth-order valence-corrected chi connectivity index (χ4v) is 2.83. The number of likely N-dealkylation sites (N-methyl/N-ethyl adjacent to an activating group) is 1. The van der Waals surface area contributed by atoms with Gasteiger partial charge >= 0.3 is 0 Å². The maximum absolute atomic E-state index is 5.37. The molecule has 0 bridgehead atoms. The predicted octanol–water partition coefficient (Wildman–Crippen LogP) is -0.0751. The van der Waals surface area contributed by atoms with E-state index in [1.54, 1.807) is 0 Å². The molecule has 0 aromatic heterocycles. The quantitative estimate of drug-likeness (QED) is 0.647. The van der Waals surface area contributed by atoms with Gasteiger partial charge in [0.05, 0.1) is 13.2 Å². The molecule has 3 atom stereocenters. The molecule has 0 aromatic rings. The molecule has 3 heteroatoms. The average molecular weight is 182 g/mol. The van der Waals surface area contributed by atoms with E-state index in [2.05, 4.69) is 17.3 Å². The van der Waals surface area contributed by atoms with Crippen molar-refractivity contribution in [1.29, 1.82) is 0 Å². The van der Waals surface area contributed by atoms with E-state index in [0.717, 1.165) is 37.1 Å². The summed E-state index contributed by atoms with van der Waals surface area (Å²) in [7, 11) is 2.21. The maximum atomic E-state index is 5.37. The van der Waals surface area contributed by atoms with Crippen LogP contribution in [-0.2, 0) is 4.74 Å². The van der Waals surface area contributed by atoms with Crippen molar-refractivity contribution < 1.29 is 4.74 Å². The molecule has 3 fully saturated rings. The van der Waals surface area contributed by atoms with Crippen LogP contribution in [0.25, 0.3) is 0 Å². The van der Waals surface area contributed by atoms with Crippen LogP contribution < -0.4 is 5.32 Å². The molecule has 0 aromatic carbocycles. The zero-order valence-electron chi connectivity index (χ0n) is 8.20. The fourth-order valence-electron chi connectivity index (χ4n) is 2.83. The highest BCUT2D eigenvalue weighted by molar-refractivity contribution is 5.07. The van der Waals surface area contributed by atoms with Gasteiger partial charge in [0.1, 0.15) is 0 Å². The summed E-state index contributed by atoms with van der Waals surface area (Å²) in [6.45, 7) is 4.50. The molecule has 3 unspecified atom stereocenters. The van der Waals surface area contributed by atoms with E-state index in [9.17, 15) is 0 Å². The van der Waals surface area contributed by atoms with Crippen molar-refractivity contribution in [1.82, 2.24) is 10.2 Å². The van der Waals surface area contributed by atoms with Crippen LogP contribution in [0.4, 0.5) is 0 Å². The molecule has 1 saturated carbocycles. The third-order valence-corrected chi connectivity index (χ3v) is 3.77. The highest BCUT2D eigenvalue weighted by atomic mass is 16.5. The lowest BCUT2D eigenvalue weighted by Crippen LogP contribution is -2.35. The van der Waals surface area contributed by atoms with E-state index in [1.165, 1.54) is 19.5 Å². The lowest BCUT2D eigenvalue weighted by atomic mass is 10.2. The number of hydrogen-bond acceptors (Lipinski definition) is 3. The van der Waals surface area contributed by atoms with Crippen LogP contribution in [0.3, 0.4) is 0 Å². The topological polar surface area (TPSA) is 24.5 Å². The van der Waals surface area contributed by atoms with Gasteiger partial charge in [-0.05, 0) is 20.0 Å². The standard InChI is InChI=1S/C10H18N2O/c1-12-3-2-7(4-12)11-10-8-5-13-6-9(8)10/h7-11H,2-6H2,1H3. The zero-order chi connectivity index (χ0) is 8.84. The van der Waals surface area contributed by atoms with Crippen molar-refractivity contribution in [3.8, 4) is 0 Å². The molecule has 1 aliphatic carbocycles. The van der Waals surface area contributed by atoms with Crippen LogP contribution in [0.2, 0.25) is 0 Å². The summed E-state index contributed by atoms with van der Waals surface area (Å²) in [5, 5.41) is 3.76. The first kappa shape index (κ1) is 8.21. The minimum absolute atomic E-state index is 0.751. The Labute approximate surface area is 79.4 Å². The highest BCUT2D eigenvalue weighted by Gasteiger charge is 2.54. The molecule has 1 N–H and O–H groups in total. The number of nitrogens with zero attached hydrogens (tertiary/aromatic N) is 1. The summed E-state index contributed by atoms with van der Waals surface area (Å²) in [5.74, 6) is 1.71. The average Bonchev–Trinajstić information content (AvgIpc) is 2.58. The lowest BCUT2D eigenvalue weighted by Gasteiger charge is -2.14. The van der Waals surface area contributed by atoms with Crippen molar-refractivity contribution in [3.05, 3.63) is 0 Å². The van der Waals surface area contributed by atoms with Gasteiger partial charge in [0.15, 0.2) is 0 Å². The van der Waals surface area contributed by atoms with Gasteiger partial charge in [0.25, 0.3) is 0 Å². The first-order chi connectivity index (χ1) is 6.34. The molecule has 3 nitrogen and oxygen atoms in total. The van der Waals surface area contributed by atoms with E-state index in [1.807, 2.05) is 0 Å². The van der Waals surface area contributed by atoms with Crippen LogP contribution in [0.5, 0.6) is 0 Å². The van der Waals surface area contributed by atoms with E-state index in [4.69, 9.17) is 4.74 Å². The normalized spacial score (nSPS) is 49.6. The van der Waals surface area contributed by atoms with Crippen LogP contribution in [0, 0.1) is 11.8 Å². The molecule has 2 aliphatic heterocycles.